The van der Waals surface area contributed by atoms with Crippen LogP contribution in [0.2, 0.25) is 5.02 Å². The Morgan fingerprint density at radius 2 is 2.25 bits per heavy atom. The van der Waals surface area contributed by atoms with E-state index >= 15 is 0 Å². The smallest absolute Gasteiger partial charge is 0.0447 e. The van der Waals surface area contributed by atoms with Crippen LogP contribution in [0, 0.1) is 12.8 Å². The normalized spacial score (nSPS) is 17.4. The van der Waals surface area contributed by atoms with E-state index in [9.17, 15) is 0 Å². The van der Waals surface area contributed by atoms with Crippen LogP contribution in [0.15, 0.2) is 18.2 Å². The first-order valence-corrected chi connectivity index (χ1v) is 6.28. The number of aryl methyl sites for hydroxylation is 1. The average Bonchev–Trinajstić information content (AvgIpc) is 3.05. The second kappa shape index (κ2) is 5.17. The molecule has 3 N–H and O–H groups in total. The molecule has 1 aromatic rings. The highest BCUT2D eigenvalue weighted by Gasteiger charge is 2.22. The topological polar surface area (TPSA) is 38.0 Å². The van der Waals surface area contributed by atoms with Gasteiger partial charge in [-0.05, 0) is 55.5 Å². The predicted molar refractivity (Wildman–Crippen MR) is 68.7 cm³/mol. The molecule has 16 heavy (non-hydrogen) atoms. The molecule has 88 valence electrons. The third-order valence-corrected chi connectivity index (χ3v) is 3.43. The molecule has 0 aromatic heterocycles. The van der Waals surface area contributed by atoms with Gasteiger partial charge in [0.05, 0.1) is 0 Å². The summed E-state index contributed by atoms with van der Waals surface area (Å²) >= 11 is 5.95. The first-order chi connectivity index (χ1) is 7.70. The summed E-state index contributed by atoms with van der Waals surface area (Å²) in [5.41, 5.74) is 8.31. The van der Waals surface area contributed by atoms with Crippen LogP contribution in [-0.4, -0.2) is 13.1 Å². The fourth-order valence-electron chi connectivity index (χ4n) is 1.98. The second-order valence-electron chi connectivity index (χ2n) is 4.64. The largest absolute Gasteiger partial charge is 0.329 e. The Balaban J connectivity index is 2.05. The highest BCUT2D eigenvalue weighted by Crippen LogP contribution is 2.29. The van der Waals surface area contributed by atoms with Crippen molar-refractivity contribution in [2.45, 2.75) is 25.8 Å². The van der Waals surface area contributed by atoms with E-state index in [0.29, 0.717) is 6.54 Å². The molecule has 0 spiro atoms. The standard InChI is InChI=1S/C13H19ClN2/c1-9-6-11(14)4-5-12(9)13(7-15)16-8-10-2-3-10/h4-6,10,13,16H,2-3,7-8,15H2,1H3. The van der Waals surface area contributed by atoms with E-state index in [-0.39, 0.29) is 6.04 Å². The van der Waals surface area contributed by atoms with Gasteiger partial charge in [-0.1, -0.05) is 17.7 Å². The molecule has 1 atom stereocenters. The van der Waals surface area contributed by atoms with E-state index in [1.807, 2.05) is 12.1 Å². The molecule has 1 aliphatic carbocycles. The second-order valence-corrected chi connectivity index (χ2v) is 5.08. The van der Waals surface area contributed by atoms with Crippen molar-refractivity contribution in [1.29, 1.82) is 0 Å². The van der Waals surface area contributed by atoms with E-state index < -0.39 is 0 Å². The van der Waals surface area contributed by atoms with Crippen molar-refractivity contribution in [3.8, 4) is 0 Å². The molecule has 0 radical (unpaired) electrons. The van der Waals surface area contributed by atoms with Gasteiger partial charge in [0.15, 0.2) is 0 Å². The molecular weight excluding hydrogens is 220 g/mol. The van der Waals surface area contributed by atoms with Crippen LogP contribution in [-0.2, 0) is 0 Å². The molecule has 0 aliphatic heterocycles. The van der Waals surface area contributed by atoms with Crippen molar-refractivity contribution in [3.05, 3.63) is 34.3 Å². The summed E-state index contributed by atoms with van der Waals surface area (Å²) in [7, 11) is 0. The van der Waals surface area contributed by atoms with Crippen molar-refractivity contribution in [1.82, 2.24) is 5.32 Å². The Morgan fingerprint density at radius 3 is 2.81 bits per heavy atom. The molecule has 0 amide bonds. The average molecular weight is 239 g/mol. The van der Waals surface area contributed by atoms with Gasteiger partial charge in [-0.25, -0.2) is 0 Å². The summed E-state index contributed by atoms with van der Waals surface area (Å²) in [5.74, 6) is 0.877. The number of nitrogens with one attached hydrogen (secondary N) is 1. The summed E-state index contributed by atoms with van der Waals surface area (Å²) in [5, 5.41) is 4.33. The van der Waals surface area contributed by atoms with Crippen molar-refractivity contribution in [2.75, 3.05) is 13.1 Å². The maximum atomic E-state index is 5.95. The molecular formula is C13H19ClN2. The lowest BCUT2D eigenvalue weighted by Crippen LogP contribution is -2.30. The van der Waals surface area contributed by atoms with Crippen LogP contribution < -0.4 is 11.1 Å². The Kier molecular flexibility index (Phi) is 3.85. The quantitative estimate of drug-likeness (QED) is 0.828. The molecule has 1 aliphatic rings. The SMILES string of the molecule is Cc1cc(Cl)ccc1C(CN)NCC1CC1. The minimum absolute atomic E-state index is 0.262. The zero-order valence-corrected chi connectivity index (χ0v) is 10.4. The fraction of sp³-hybridized carbons (Fsp3) is 0.538. The summed E-state index contributed by atoms with van der Waals surface area (Å²) in [6, 6.07) is 6.27. The van der Waals surface area contributed by atoms with Crippen LogP contribution >= 0.6 is 11.6 Å². The van der Waals surface area contributed by atoms with E-state index in [2.05, 4.69) is 18.3 Å². The minimum Gasteiger partial charge on any atom is -0.329 e. The van der Waals surface area contributed by atoms with E-state index in [1.54, 1.807) is 0 Å². The van der Waals surface area contributed by atoms with Gasteiger partial charge in [-0.2, -0.15) is 0 Å². The number of benzene rings is 1. The van der Waals surface area contributed by atoms with Gasteiger partial charge >= 0.3 is 0 Å². The van der Waals surface area contributed by atoms with Gasteiger partial charge in [-0.3, -0.25) is 0 Å². The molecule has 3 heteroatoms. The number of hydrogen-bond donors (Lipinski definition) is 2. The van der Waals surface area contributed by atoms with Crippen LogP contribution in [0.5, 0.6) is 0 Å². The minimum atomic E-state index is 0.262. The predicted octanol–water partition coefficient (Wildman–Crippen LogP) is 2.65. The molecule has 0 heterocycles. The van der Waals surface area contributed by atoms with E-state index in [4.69, 9.17) is 17.3 Å². The van der Waals surface area contributed by atoms with E-state index in [0.717, 1.165) is 17.5 Å². The highest BCUT2D eigenvalue weighted by atomic mass is 35.5. The first kappa shape index (κ1) is 11.9. The Labute approximate surface area is 102 Å². The molecule has 2 nitrogen and oxygen atoms in total. The van der Waals surface area contributed by atoms with Gasteiger partial charge in [0.2, 0.25) is 0 Å². The molecule has 0 bridgehead atoms. The number of rotatable bonds is 5. The molecule has 1 fully saturated rings. The third kappa shape index (κ3) is 2.97. The van der Waals surface area contributed by atoms with Crippen LogP contribution in [0.25, 0.3) is 0 Å². The van der Waals surface area contributed by atoms with Crippen molar-refractivity contribution in [2.24, 2.45) is 11.7 Å². The van der Waals surface area contributed by atoms with Gasteiger partial charge in [0.1, 0.15) is 0 Å². The highest BCUT2D eigenvalue weighted by molar-refractivity contribution is 6.30. The number of nitrogens with two attached hydrogens (primary N) is 1. The van der Waals surface area contributed by atoms with Gasteiger partial charge in [-0.15, -0.1) is 0 Å². The zero-order valence-electron chi connectivity index (χ0n) is 9.67. The molecule has 2 rings (SSSR count). The fourth-order valence-corrected chi connectivity index (χ4v) is 2.21. The maximum Gasteiger partial charge on any atom is 0.0447 e. The zero-order chi connectivity index (χ0) is 11.5. The summed E-state index contributed by atoms with van der Waals surface area (Å²) in [6.45, 7) is 3.81. The summed E-state index contributed by atoms with van der Waals surface area (Å²) in [6.07, 6.45) is 2.73. The van der Waals surface area contributed by atoms with Gasteiger partial charge in [0, 0.05) is 17.6 Å². The van der Waals surface area contributed by atoms with Crippen LogP contribution in [0.3, 0.4) is 0 Å². The monoisotopic (exact) mass is 238 g/mol. The lowest BCUT2D eigenvalue weighted by atomic mass is 10.0. The Hall–Kier alpha value is -0.570. The van der Waals surface area contributed by atoms with Gasteiger partial charge < -0.3 is 11.1 Å². The van der Waals surface area contributed by atoms with Crippen LogP contribution in [0.4, 0.5) is 0 Å². The van der Waals surface area contributed by atoms with Crippen molar-refractivity contribution in [3.63, 3.8) is 0 Å². The third-order valence-electron chi connectivity index (χ3n) is 3.19. The molecule has 1 unspecified atom stereocenters. The Bertz CT molecular complexity index is 361. The van der Waals surface area contributed by atoms with Crippen molar-refractivity contribution >= 4 is 11.6 Å². The molecule has 1 aromatic carbocycles. The molecule has 0 saturated heterocycles. The first-order valence-electron chi connectivity index (χ1n) is 5.90. The Morgan fingerprint density at radius 1 is 1.50 bits per heavy atom. The van der Waals surface area contributed by atoms with E-state index in [1.165, 1.54) is 24.0 Å². The maximum absolute atomic E-state index is 5.95. The summed E-state index contributed by atoms with van der Waals surface area (Å²) in [4.78, 5) is 0. The lowest BCUT2D eigenvalue weighted by molar-refractivity contribution is 0.520. The lowest BCUT2D eigenvalue weighted by Gasteiger charge is -2.19. The number of hydrogen-bond acceptors (Lipinski definition) is 2. The van der Waals surface area contributed by atoms with Gasteiger partial charge in [0.25, 0.3) is 0 Å². The van der Waals surface area contributed by atoms with Crippen LogP contribution in [0.1, 0.15) is 30.0 Å². The molecule has 1 saturated carbocycles. The number of halogens is 1. The summed E-state index contributed by atoms with van der Waals surface area (Å²) < 4.78 is 0. The van der Waals surface area contributed by atoms with Crippen molar-refractivity contribution < 1.29 is 0 Å².